The molecule has 2 aromatic carbocycles. The molecule has 0 heterocycles. The Morgan fingerprint density at radius 3 is 2.25 bits per heavy atom. The highest BCUT2D eigenvalue weighted by Gasteiger charge is 2.53. The van der Waals surface area contributed by atoms with Crippen molar-refractivity contribution >= 4 is 27.5 Å². The van der Waals surface area contributed by atoms with Gasteiger partial charge in [0.2, 0.25) is 0 Å². The van der Waals surface area contributed by atoms with Crippen molar-refractivity contribution in [2.45, 2.75) is 5.41 Å². The van der Waals surface area contributed by atoms with Crippen LogP contribution in [-0.2, 0) is 5.41 Å². The summed E-state index contributed by atoms with van der Waals surface area (Å²) >= 11 is 3.30. The van der Waals surface area contributed by atoms with Gasteiger partial charge in [0.25, 0.3) is 0 Å². The summed E-state index contributed by atoms with van der Waals surface area (Å²) in [6.07, 6.45) is 0. The van der Waals surface area contributed by atoms with E-state index in [1.807, 2.05) is 6.07 Å². The van der Waals surface area contributed by atoms with Crippen LogP contribution in [0.3, 0.4) is 0 Å². The molecule has 20 heavy (non-hydrogen) atoms. The summed E-state index contributed by atoms with van der Waals surface area (Å²) < 4.78 is 0.735. The first-order valence-corrected chi connectivity index (χ1v) is 6.96. The molecule has 1 atom stereocenters. The van der Waals surface area contributed by atoms with E-state index in [0.717, 1.165) is 4.47 Å². The topological polar surface area (TPSA) is 54.4 Å². The van der Waals surface area contributed by atoms with Crippen molar-refractivity contribution < 1.29 is 14.7 Å². The minimum Gasteiger partial charge on any atom is -0.394 e. The summed E-state index contributed by atoms with van der Waals surface area (Å²) in [4.78, 5) is 25.4. The molecule has 100 valence electrons. The summed E-state index contributed by atoms with van der Waals surface area (Å²) in [5, 5.41) is 9.80. The number of hydrogen-bond acceptors (Lipinski definition) is 3. The number of aliphatic hydroxyl groups is 1. The average molecular weight is 331 g/mol. The van der Waals surface area contributed by atoms with E-state index < -0.39 is 12.0 Å². The molecule has 0 spiro atoms. The van der Waals surface area contributed by atoms with E-state index in [0.29, 0.717) is 16.7 Å². The first-order valence-electron chi connectivity index (χ1n) is 6.17. The van der Waals surface area contributed by atoms with Crippen molar-refractivity contribution in [1.29, 1.82) is 0 Å². The fraction of sp³-hybridized carbons (Fsp3) is 0.125. The van der Waals surface area contributed by atoms with Crippen molar-refractivity contribution in [3.05, 3.63) is 69.7 Å². The molecule has 3 nitrogen and oxygen atoms in total. The Labute approximate surface area is 124 Å². The monoisotopic (exact) mass is 330 g/mol. The molecule has 0 aromatic heterocycles. The number of fused-ring (bicyclic) bond motifs is 1. The van der Waals surface area contributed by atoms with E-state index in [-0.39, 0.29) is 11.6 Å². The quantitative estimate of drug-likeness (QED) is 0.861. The van der Waals surface area contributed by atoms with Crippen LogP contribution in [0, 0.1) is 0 Å². The van der Waals surface area contributed by atoms with Crippen LogP contribution < -0.4 is 0 Å². The van der Waals surface area contributed by atoms with Gasteiger partial charge in [0.05, 0.1) is 6.61 Å². The second-order valence-electron chi connectivity index (χ2n) is 4.78. The van der Waals surface area contributed by atoms with E-state index in [1.165, 1.54) is 0 Å². The van der Waals surface area contributed by atoms with Crippen LogP contribution in [0.25, 0.3) is 0 Å². The van der Waals surface area contributed by atoms with E-state index in [2.05, 4.69) is 15.9 Å². The van der Waals surface area contributed by atoms with Crippen LogP contribution >= 0.6 is 15.9 Å². The minimum atomic E-state index is -1.50. The van der Waals surface area contributed by atoms with Gasteiger partial charge in [-0.2, -0.15) is 0 Å². The molecule has 1 N–H and O–H groups in total. The molecule has 2 aromatic rings. The van der Waals surface area contributed by atoms with Crippen LogP contribution in [-0.4, -0.2) is 23.3 Å². The predicted octanol–water partition coefficient (Wildman–Crippen LogP) is 2.76. The molecule has 0 saturated carbocycles. The predicted molar refractivity (Wildman–Crippen MR) is 78.0 cm³/mol. The summed E-state index contributed by atoms with van der Waals surface area (Å²) in [6.45, 7) is -0.527. The second-order valence-corrected chi connectivity index (χ2v) is 5.69. The van der Waals surface area contributed by atoms with Crippen LogP contribution in [0.4, 0.5) is 0 Å². The number of aliphatic hydroxyl groups excluding tert-OH is 1. The van der Waals surface area contributed by atoms with Gasteiger partial charge in [-0.1, -0.05) is 46.3 Å². The number of rotatable bonds is 2. The number of ketones is 2. The minimum absolute atomic E-state index is 0.335. The first kappa shape index (κ1) is 13.2. The zero-order valence-electron chi connectivity index (χ0n) is 10.5. The van der Waals surface area contributed by atoms with Gasteiger partial charge in [0.1, 0.15) is 5.41 Å². The lowest BCUT2D eigenvalue weighted by Crippen LogP contribution is -2.42. The van der Waals surface area contributed by atoms with Gasteiger partial charge in [-0.25, -0.2) is 0 Å². The molecule has 0 fully saturated rings. The van der Waals surface area contributed by atoms with Crippen molar-refractivity contribution in [3.63, 3.8) is 0 Å². The molecule has 4 heteroatoms. The highest BCUT2D eigenvalue weighted by molar-refractivity contribution is 9.10. The Morgan fingerprint density at radius 1 is 0.950 bits per heavy atom. The van der Waals surface area contributed by atoms with Gasteiger partial charge in [0.15, 0.2) is 11.6 Å². The maximum atomic E-state index is 12.7. The third-order valence-corrected chi connectivity index (χ3v) is 4.24. The maximum absolute atomic E-state index is 12.7. The van der Waals surface area contributed by atoms with Crippen LogP contribution in [0.2, 0.25) is 0 Å². The Morgan fingerprint density at radius 2 is 1.60 bits per heavy atom. The van der Waals surface area contributed by atoms with Crippen LogP contribution in [0.1, 0.15) is 26.3 Å². The standard InChI is InChI=1S/C16H11BrO3/c17-11-6-7-12-13(8-11)15(20)16(9-18,14(12)19)10-4-2-1-3-5-10/h1-8,18H,9H2. The molecule has 0 aliphatic heterocycles. The number of hydrogen-bond donors (Lipinski definition) is 1. The Balaban J connectivity index is 2.26. The summed E-state index contributed by atoms with van der Waals surface area (Å²) in [7, 11) is 0. The molecule has 0 saturated heterocycles. The van der Waals surface area contributed by atoms with E-state index in [9.17, 15) is 14.7 Å². The summed E-state index contributed by atoms with van der Waals surface area (Å²) in [5.74, 6) is -0.675. The lowest BCUT2D eigenvalue weighted by molar-refractivity contribution is 0.0711. The molecular weight excluding hydrogens is 320 g/mol. The second kappa shape index (κ2) is 4.65. The van der Waals surface area contributed by atoms with Crippen molar-refractivity contribution in [1.82, 2.24) is 0 Å². The molecule has 0 amide bonds. The number of Topliss-reactive ketones (excluding diaryl/α,β-unsaturated/α-hetero) is 2. The van der Waals surface area contributed by atoms with Crippen molar-refractivity contribution in [3.8, 4) is 0 Å². The van der Waals surface area contributed by atoms with Crippen LogP contribution in [0.15, 0.2) is 53.0 Å². The molecule has 1 unspecified atom stereocenters. The highest BCUT2D eigenvalue weighted by Crippen LogP contribution is 2.40. The molecule has 0 bridgehead atoms. The molecule has 0 radical (unpaired) electrons. The SMILES string of the molecule is O=C1c2ccc(Br)cc2C(=O)C1(CO)c1ccccc1. The normalized spacial score (nSPS) is 21.1. The lowest BCUT2D eigenvalue weighted by Gasteiger charge is -2.23. The van der Waals surface area contributed by atoms with Gasteiger partial charge in [0, 0.05) is 15.6 Å². The fourth-order valence-corrected chi connectivity index (χ4v) is 3.05. The Hall–Kier alpha value is -1.78. The number of halogens is 1. The summed E-state index contributed by atoms with van der Waals surface area (Å²) in [6, 6.07) is 13.7. The van der Waals surface area contributed by atoms with E-state index >= 15 is 0 Å². The van der Waals surface area contributed by atoms with E-state index in [1.54, 1.807) is 42.5 Å². The van der Waals surface area contributed by atoms with Gasteiger partial charge in [-0.05, 0) is 23.8 Å². The zero-order valence-corrected chi connectivity index (χ0v) is 12.1. The third-order valence-electron chi connectivity index (χ3n) is 3.75. The Bertz CT molecular complexity index is 709. The Kier molecular flexibility index (Phi) is 3.07. The fourth-order valence-electron chi connectivity index (χ4n) is 2.68. The first-order chi connectivity index (χ1) is 9.61. The molecule has 3 rings (SSSR count). The average Bonchev–Trinajstić information content (AvgIpc) is 2.69. The molecule has 1 aliphatic carbocycles. The zero-order chi connectivity index (χ0) is 14.3. The third kappa shape index (κ3) is 1.62. The maximum Gasteiger partial charge on any atom is 0.184 e. The summed E-state index contributed by atoms with van der Waals surface area (Å²) in [5.41, 5.74) is -0.229. The lowest BCUT2D eigenvalue weighted by atomic mass is 9.77. The van der Waals surface area contributed by atoms with Gasteiger partial charge in [-0.3, -0.25) is 9.59 Å². The number of carbonyl (C=O) groups is 2. The smallest absolute Gasteiger partial charge is 0.184 e. The number of benzene rings is 2. The molecular formula is C16H11BrO3. The van der Waals surface area contributed by atoms with Crippen molar-refractivity contribution in [2.24, 2.45) is 0 Å². The van der Waals surface area contributed by atoms with Gasteiger partial charge < -0.3 is 5.11 Å². The largest absolute Gasteiger partial charge is 0.394 e. The van der Waals surface area contributed by atoms with Crippen molar-refractivity contribution in [2.75, 3.05) is 6.61 Å². The molecule has 1 aliphatic rings. The van der Waals surface area contributed by atoms with E-state index in [4.69, 9.17) is 0 Å². The highest BCUT2D eigenvalue weighted by atomic mass is 79.9. The van der Waals surface area contributed by atoms with Gasteiger partial charge >= 0.3 is 0 Å². The van der Waals surface area contributed by atoms with Gasteiger partial charge in [-0.15, -0.1) is 0 Å². The van der Waals surface area contributed by atoms with Crippen LogP contribution in [0.5, 0.6) is 0 Å². The number of carbonyl (C=O) groups excluding carboxylic acids is 2.